The minimum Gasteiger partial charge on any atom is -0.378 e. The number of ether oxygens (including phenoxy) is 1. The van der Waals surface area contributed by atoms with E-state index in [-0.39, 0.29) is 24.8 Å². The van der Waals surface area contributed by atoms with E-state index < -0.39 is 5.82 Å². The summed E-state index contributed by atoms with van der Waals surface area (Å²) in [5, 5.41) is 11.0. The van der Waals surface area contributed by atoms with Crippen molar-refractivity contribution in [2.24, 2.45) is 0 Å². The molecule has 4 heterocycles. The summed E-state index contributed by atoms with van der Waals surface area (Å²) in [6, 6.07) is 0. The molecule has 2 saturated heterocycles. The van der Waals surface area contributed by atoms with Crippen LogP contribution >= 0.6 is 0 Å². The molecule has 2 aromatic heterocycles. The Balaban J connectivity index is 1.35. The predicted octanol–water partition coefficient (Wildman–Crippen LogP) is 0.278. The standard InChI is InChI=1S/C17H23FN8O2/c18-14-10-20-17(25-5-7-28-8-6-25)21-16(14)19-9-13-11-26(23-22-13)12-15(27)24-3-1-2-4-24/h10-11H,1-9,12H2,(H,19,20,21). The summed E-state index contributed by atoms with van der Waals surface area (Å²) in [5.74, 6) is 0.0822. The third-order valence-corrected chi connectivity index (χ3v) is 4.80. The van der Waals surface area contributed by atoms with Crippen molar-refractivity contribution in [1.82, 2.24) is 29.9 Å². The molecule has 0 unspecified atom stereocenters. The molecular formula is C17H23FN8O2. The number of carbonyl (C=O) groups is 1. The van der Waals surface area contributed by atoms with Crippen LogP contribution in [0.2, 0.25) is 0 Å². The molecule has 11 heteroatoms. The van der Waals surface area contributed by atoms with Gasteiger partial charge in [-0.2, -0.15) is 4.98 Å². The number of nitrogens with one attached hydrogen (secondary N) is 1. The van der Waals surface area contributed by atoms with E-state index in [1.165, 1.54) is 4.68 Å². The second-order valence-corrected chi connectivity index (χ2v) is 6.81. The molecule has 0 bridgehead atoms. The largest absolute Gasteiger partial charge is 0.378 e. The molecule has 10 nitrogen and oxygen atoms in total. The lowest BCUT2D eigenvalue weighted by molar-refractivity contribution is -0.130. The van der Waals surface area contributed by atoms with Crippen LogP contribution in [0.4, 0.5) is 16.2 Å². The molecule has 0 radical (unpaired) electrons. The minimum absolute atomic E-state index is 0.0407. The number of aromatic nitrogens is 5. The topological polar surface area (TPSA) is 101 Å². The van der Waals surface area contributed by atoms with E-state index in [2.05, 4.69) is 25.6 Å². The van der Waals surface area contributed by atoms with Crippen molar-refractivity contribution in [2.45, 2.75) is 25.9 Å². The first kappa shape index (κ1) is 18.5. The summed E-state index contributed by atoms with van der Waals surface area (Å²) in [5.41, 5.74) is 0.597. The number of nitrogens with zero attached hydrogens (tertiary/aromatic N) is 7. The fourth-order valence-electron chi connectivity index (χ4n) is 3.27. The number of anilines is 2. The fourth-order valence-corrected chi connectivity index (χ4v) is 3.27. The van der Waals surface area contributed by atoms with Gasteiger partial charge in [0.15, 0.2) is 11.6 Å². The number of rotatable bonds is 6. The zero-order valence-corrected chi connectivity index (χ0v) is 15.6. The van der Waals surface area contributed by atoms with Gasteiger partial charge in [0.2, 0.25) is 11.9 Å². The number of carbonyl (C=O) groups excluding carboxylic acids is 1. The highest BCUT2D eigenvalue weighted by Gasteiger charge is 2.19. The molecule has 0 spiro atoms. The maximum atomic E-state index is 14.1. The quantitative estimate of drug-likeness (QED) is 0.751. The van der Waals surface area contributed by atoms with Crippen LogP contribution in [0, 0.1) is 5.82 Å². The highest BCUT2D eigenvalue weighted by atomic mass is 19.1. The van der Waals surface area contributed by atoms with Gasteiger partial charge in [0, 0.05) is 26.2 Å². The molecule has 0 aliphatic carbocycles. The molecule has 0 atom stereocenters. The van der Waals surface area contributed by atoms with Crippen LogP contribution in [-0.2, 0) is 22.6 Å². The number of halogens is 1. The Kier molecular flexibility index (Phi) is 5.60. The number of morpholine rings is 1. The highest BCUT2D eigenvalue weighted by molar-refractivity contribution is 5.76. The second kappa shape index (κ2) is 8.46. The van der Waals surface area contributed by atoms with Crippen molar-refractivity contribution in [1.29, 1.82) is 0 Å². The maximum absolute atomic E-state index is 14.1. The average Bonchev–Trinajstić information content (AvgIpc) is 3.40. The van der Waals surface area contributed by atoms with Crippen LogP contribution in [0.5, 0.6) is 0 Å². The van der Waals surface area contributed by atoms with Crippen LogP contribution in [0.15, 0.2) is 12.4 Å². The maximum Gasteiger partial charge on any atom is 0.244 e. The lowest BCUT2D eigenvalue weighted by Gasteiger charge is -2.26. The van der Waals surface area contributed by atoms with E-state index in [4.69, 9.17) is 4.74 Å². The Labute approximate surface area is 161 Å². The van der Waals surface area contributed by atoms with Gasteiger partial charge < -0.3 is 19.9 Å². The van der Waals surface area contributed by atoms with Gasteiger partial charge in [0.25, 0.3) is 0 Å². The summed E-state index contributed by atoms with van der Waals surface area (Å²) >= 11 is 0. The van der Waals surface area contributed by atoms with E-state index in [0.717, 1.165) is 32.1 Å². The zero-order valence-electron chi connectivity index (χ0n) is 15.6. The summed E-state index contributed by atoms with van der Waals surface area (Å²) < 4.78 is 20.9. The van der Waals surface area contributed by atoms with Gasteiger partial charge in [-0.1, -0.05) is 5.21 Å². The fraction of sp³-hybridized carbons (Fsp3) is 0.588. The Bertz CT molecular complexity index is 817. The van der Waals surface area contributed by atoms with E-state index in [9.17, 15) is 9.18 Å². The van der Waals surface area contributed by atoms with Crippen LogP contribution < -0.4 is 10.2 Å². The SMILES string of the molecule is O=C(Cn1cc(CNc2nc(N3CCOCC3)ncc2F)nn1)N1CCCC1. The molecule has 1 N–H and O–H groups in total. The highest BCUT2D eigenvalue weighted by Crippen LogP contribution is 2.16. The van der Waals surface area contributed by atoms with Crippen molar-refractivity contribution in [3.05, 3.63) is 23.9 Å². The third kappa shape index (κ3) is 4.35. The summed E-state index contributed by atoms with van der Waals surface area (Å²) in [6.45, 7) is 4.56. The molecule has 28 heavy (non-hydrogen) atoms. The Morgan fingerprint density at radius 2 is 2.00 bits per heavy atom. The van der Waals surface area contributed by atoms with Crippen LogP contribution in [-0.4, -0.2) is 75.2 Å². The van der Waals surface area contributed by atoms with Crippen molar-refractivity contribution < 1.29 is 13.9 Å². The van der Waals surface area contributed by atoms with Gasteiger partial charge >= 0.3 is 0 Å². The van der Waals surface area contributed by atoms with Gasteiger partial charge in [-0.25, -0.2) is 14.1 Å². The molecule has 2 fully saturated rings. The predicted molar refractivity (Wildman–Crippen MR) is 98.2 cm³/mol. The molecule has 1 amide bonds. The lowest BCUT2D eigenvalue weighted by atomic mass is 10.4. The summed E-state index contributed by atoms with van der Waals surface area (Å²) in [6.07, 6.45) is 4.94. The number of likely N-dealkylation sites (tertiary alicyclic amines) is 1. The van der Waals surface area contributed by atoms with Gasteiger partial charge in [0.1, 0.15) is 12.2 Å². The van der Waals surface area contributed by atoms with E-state index in [0.29, 0.717) is 37.9 Å². The smallest absolute Gasteiger partial charge is 0.244 e. The molecule has 2 aromatic rings. The number of amides is 1. The Morgan fingerprint density at radius 3 is 2.79 bits per heavy atom. The summed E-state index contributed by atoms with van der Waals surface area (Å²) in [4.78, 5) is 24.3. The van der Waals surface area contributed by atoms with Gasteiger partial charge in [-0.05, 0) is 12.8 Å². The van der Waals surface area contributed by atoms with Crippen LogP contribution in [0.3, 0.4) is 0 Å². The molecule has 0 aromatic carbocycles. The van der Waals surface area contributed by atoms with Crippen molar-refractivity contribution in [3.63, 3.8) is 0 Å². The van der Waals surface area contributed by atoms with Gasteiger partial charge in [0.05, 0.1) is 32.2 Å². The average molecular weight is 390 g/mol. The van der Waals surface area contributed by atoms with E-state index in [1.807, 2.05) is 9.80 Å². The van der Waals surface area contributed by atoms with Gasteiger partial charge in [-0.15, -0.1) is 5.10 Å². The molecular weight excluding hydrogens is 367 g/mol. The molecule has 2 aliphatic heterocycles. The number of hydrogen-bond acceptors (Lipinski definition) is 8. The van der Waals surface area contributed by atoms with Crippen molar-refractivity contribution >= 4 is 17.7 Å². The Morgan fingerprint density at radius 1 is 1.21 bits per heavy atom. The molecule has 150 valence electrons. The Hall–Kier alpha value is -2.82. The first-order valence-corrected chi connectivity index (χ1v) is 9.45. The number of hydrogen-bond donors (Lipinski definition) is 1. The van der Waals surface area contributed by atoms with Crippen molar-refractivity contribution in [2.75, 3.05) is 49.6 Å². The minimum atomic E-state index is -0.534. The molecule has 0 saturated carbocycles. The van der Waals surface area contributed by atoms with Crippen LogP contribution in [0.25, 0.3) is 0 Å². The second-order valence-electron chi connectivity index (χ2n) is 6.81. The monoisotopic (exact) mass is 390 g/mol. The van der Waals surface area contributed by atoms with Crippen LogP contribution in [0.1, 0.15) is 18.5 Å². The van der Waals surface area contributed by atoms with E-state index in [1.54, 1.807) is 6.20 Å². The van der Waals surface area contributed by atoms with E-state index >= 15 is 0 Å². The lowest BCUT2D eigenvalue weighted by Crippen LogP contribution is -2.37. The molecule has 2 aliphatic rings. The zero-order chi connectivity index (χ0) is 19.3. The normalized spacial score (nSPS) is 17.2. The molecule has 4 rings (SSSR count). The van der Waals surface area contributed by atoms with Gasteiger partial charge in [-0.3, -0.25) is 4.79 Å². The first-order valence-electron chi connectivity index (χ1n) is 9.45. The summed E-state index contributed by atoms with van der Waals surface area (Å²) in [7, 11) is 0. The first-order chi connectivity index (χ1) is 13.7. The van der Waals surface area contributed by atoms with Crippen molar-refractivity contribution in [3.8, 4) is 0 Å². The third-order valence-electron chi connectivity index (χ3n) is 4.80.